The third kappa shape index (κ3) is 4.99. The maximum absolute atomic E-state index is 12.6. The summed E-state index contributed by atoms with van der Waals surface area (Å²) in [5.41, 5.74) is 6.87. The molecule has 1 saturated carbocycles. The Balaban J connectivity index is 1.24. The highest BCUT2D eigenvalue weighted by Crippen LogP contribution is 2.38. The highest BCUT2D eigenvalue weighted by atomic mass is 35.5. The number of rotatable bonds is 5. The molecule has 2 aromatic heterocycles. The number of carbonyl (C=O) groups excluding carboxylic acids is 1. The zero-order valence-corrected chi connectivity index (χ0v) is 19.9. The Hall–Kier alpha value is -2.65. The number of fused-ring (bicyclic) bond motifs is 1. The molecule has 1 aromatic carbocycles. The molecule has 1 aliphatic carbocycles. The number of aromatic nitrogens is 3. The molecule has 0 radical (unpaired) electrons. The maximum Gasteiger partial charge on any atom is 0.260 e. The molecule has 1 saturated heterocycles. The molecule has 8 nitrogen and oxygen atoms in total. The number of hydrogen-bond acceptors (Lipinski definition) is 8. The first-order chi connectivity index (χ1) is 16.1. The van der Waals surface area contributed by atoms with Gasteiger partial charge in [-0.2, -0.15) is 4.98 Å². The standard InChI is InChI=1S/C23H27ClN6O2S/c24-16-6-8-17(9-7-16)32-14-18(31)29-10-12-30(13-11-29)20-19-22(28-23(25)27-20)33-21(26-19)15-4-2-1-3-5-15/h6-9,15H,1-5,10-14H2,(H2,25,27,28). The van der Waals surface area contributed by atoms with E-state index in [1.165, 1.54) is 32.1 Å². The van der Waals surface area contributed by atoms with Gasteiger partial charge in [0.25, 0.3) is 5.91 Å². The molecule has 2 fully saturated rings. The summed E-state index contributed by atoms with van der Waals surface area (Å²) in [5, 5.41) is 1.79. The van der Waals surface area contributed by atoms with Crippen molar-refractivity contribution in [2.24, 2.45) is 0 Å². The Kier molecular flexibility index (Phi) is 6.50. The summed E-state index contributed by atoms with van der Waals surface area (Å²) < 4.78 is 5.61. The van der Waals surface area contributed by atoms with Crippen LogP contribution in [0.4, 0.5) is 11.8 Å². The quantitative estimate of drug-likeness (QED) is 0.579. The van der Waals surface area contributed by atoms with Gasteiger partial charge in [-0.1, -0.05) is 42.2 Å². The zero-order chi connectivity index (χ0) is 22.8. The minimum Gasteiger partial charge on any atom is -0.484 e. The van der Waals surface area contributed by atoms with E-state index in [1.807, 2.05) is 4.90 Å². The molecule has 2 N–H and O–H groups in total. The molecule has 3 heterocycles. The average Bonchev–Trinajstić information content (AvgIpc) is 3.28. The van der Waals surface area contributed by atoms with Crippen molar-refractivity contribution in [1.29, 1.82) is 0 Å². The monoisotopic (exact) mass is 486 g/mol. The summed E-state index contributed by atoms with van der Waals surface area (Å²) in [4.78, 5) is 31.4. The van der Waals surface area contributed by atoms with E-state index in [2.05, 4.69) is 14.9 Å². The fourth-order valence-electron chi connectivity index (χ4n) is 4.52. The molecule has 10 heteroatoms. The molecular formula is C23H27ClN6O2S. The van der Waals surface area contributed by atoms with Gasteiger partial charge in [0, 0.05) is 37.1 Å². The molecule has 0 bridgehead atoms. The molecule has 0 atom stereocenters. The molecule has 1 amide bonds. The third-order valence-electron chi connectivity index (χ3n) is 6.34. The van der Waals surface area contributed by atoms with E-state index in [-0.39, 0.29) is 18.5 Å². The highest BCUT2D eigenvalue weighted by Gasteiger charge is 2.27. The Bertz CT molecular complexity index is 1120. The van der Waals surface area contributed by atoms with Crippen LogP contribution in [0.25, 0.3) is 10.3 Å². The molecule has 0 spiro atoms. The van der Waals surface area contributed by atoms with Crippen molar-refractivity contribution in [1.82, 2.24) is 19.9 Å². The topological polar surface area (TPSA) is 97.5 Å². The van der Waals surface area contributed by atoms with Crippen LogP contribution in [0, 0.1) is 0 Å². The smallest absolute Gasteiger partial charge is 0.260 e. The van der Waals surface area contributed by atoms with Crippen molar-refractivity contribution in [3.63, 3.8) is 0 Å². The second-order valence-corrected chi connectivity index (χ2v) is 10.0. The van der Waals surface area contributed by atoms with Crippen LogP contribution < -0.4 is 15.4 Å². The molecule has 5 rings (SSSR count). The van der Waals surface area contributed by atoms with Crippen molar-refractivity contribution >= 4 is 51.0 Å². The van der Waals surface area contributed by atoms with Gasteiger partial charge in [0.15, 0.2) is 17.3 Å². The number of anilines is 2. The molecular weight excluding hydrogens is 460 g/mol. The van der Waals surface area contributed by atoms with Gasteiger partial charge in [0.2, 0.25) is 5.95 Å². The van der Waals surface area contributed by atoms with Crippen LogP contribution in [-0.2, 0) is 4.79 Å². The van der Waals surface area contributed by atoms with Gasteiger partial charge >= 0.3 is 0 Å². The Morgan fingerprint density at radius 3 is 2.52 bits per heavy atom. The predicted octanol–water partition coefficient (Wildman–Crippen LogP) is 4.10. The van der Waals surface area contributed by atoms with Gasteiger partial charge in [-0.05, 0) is 37.1 Å². The van der Waals surface area contributed by atoms with E-state index in [0.29, 0.717) is 42.9 Å². The first-order valence-electron chi connectivity index (χ1n) is 11.4. The van der Waals surface area contributed by atoms with Crippen molar-refractivity contribution in [2.45, 2.75) is 38.0 Å². The lowest BCUT2D eigenvalue weighted by atomic mass is 9.90. The number of piperazine rings is 1. The lowest BCUT2D eigenvalue weighted by Gasteiger charge is -2.35. The van der Waals surface area contributed by atoms with Crippen molar-refractivity contribution in [3.05, 3.63) is 34.3 Å². The summed E-state index contributed by atoms with van der Waals surface area (Å²) in [6.45, 7) is 2.51. The van der Waals surface area contributed by atoms with Crippen molar-refractivity contribution < 1.29 is 9.53 Å². The molecule has 33 heavy (non-hydrogen) atoms. The van der Waals surface area contributed by atoms with E-state index in [0.717, 1.165) is 21.2 Å². The zero-order valence-electron chi connectivity index (χ0n) is 18.4. The number of ether oxygens (including phenoxy) is 1. The maximum atomic E-state index is 12.6. The van der Waals surface area contributed by atoms with Crippen molar-refractivity contribution in [2.75, 3.05) is 43.4 Å². The van der Waals surface area contributed by atoms with E-state index in [4.69, 9.17) is 27.1 Å². The van der Waals surface area contributed by atoms with Crippen LogP contribution >= 0.6 is 22.9 Å². The Morgan fingerprint density at radius 1 is 1.06 bits per heavy atom. The predicted molar refractivity (Wildman–Crippen MR) is 131 cm³/mol. The SMILES string of the molecule is Nc1nc(N2CCN(C(=O)COc3ccc(Cl)cc3)CC2)c2nc(C3CCCCC3)sc2n1. The lowest BCUT2D eigenvalue weighted by Crippen LogP contribution is -2.50. The van der Waals surface area contributed by atoms with Crippen molar-refractivity contribution in [3.8, 4) is 5.75 Å². The number of nitrogens with two attached hydrogens (primary N) is 1. The summed E-state index contributed by atoms with van der Waals surface area (Å²) in [6, 6.07) is 7.00. The fourth-order valence-corrected chi connectivity index (χ4v) is 5.76. The van der Waals surface area contributed by atoms with E-state index in [9.17, 15) is 4.79 Å². The molecule has 1 aliphatic heterocycles. The largest absolute Gasteiger partial charge is 0.484 e. The number of nitrogen functional groups attached to an aromatic ring is 1. The molecule has 2 aliphatic rings. The van der Waals surface area contributed by atoms with E-state index >= 15 is 0 Å². The average molecular weight is 487 g/mol. The third-order valence-corrected chi connectivity index (χ3v) is 7.70. The van der Waals surface area contributed by atoms with Gasteiger partial charge in [-0.15, -0.1) is 0 Å². The van der Waals surface area contributed by atoms with E-state index in [1.54, 1.807) is 35.6 Å². The fraction of sp³-hybridized carbons (Fsp3) is 0.478. The molecule has 3 aromatic rings. The number of carbonyl (C=O) groups is 1. The van der Waals surface area contributed by atoms with Gasteiger partial charge in [-0.3, -0.25) is 4.79 Å². The number of amides is 1. The minimum absolute atomic E-state index is 0.00314. The first-order valence-corrected chi connectivity index (χ1v) is 12.6. The Morgan fingerprint density at radius 2 is 1.79 bits per heavy atom. The molecule has 0 unspecified atom stereocenters. The lowest BCUT2D eigenvalue weighted by molar-refractivity contribution is -0.133. The summed E-state index contributed by atoms with van der Waals surface area (Å²) in [6.07, 6.45) is 6.22. The number of hydrogen-bond donors (Lipinski definition) is 1. The van der Waals surface area contributed by atoms with Crippen LogP contribution in [0.15, 0.2) is 24.3 Å². The van der Waals surface area contributed by atoms with Gasteiger partial charge in [0.1, 0.15) is 11.3 Å². The number of benzene rings is 1. The van der Waals surface area contributed by atoms with E-state index < -0.39 is 0 Å². The van der Waals surface area contributed by atoms with Gasteiger partial charge in [0.05, 0.1) is 5.01 Å². The van der Waals surface area contributed by atoms with Crippen LogP contribution in [0.1, 0.15) is 43.0 Å². The van der Waals surface area contributed by atoms with Crippen LogP contribution in [-0.4, -0.2) is 58.5 Å². The van der Waals surface area contributed by atoms with Crippen LogP contribution in [0.2, 0.25) is 5.02 Å². The first kappa shape index (κ1) is 22.2. The summed E-state index contributed by atoms with van der Waals surface area (Å²) in [5.74, 6) is 2.15. The molecule has 174 valence electrons. The normalized spacial score (nSPS) is 17.5. The van der Waals surface area contributed by atoms with Crippen LogP contribution in [0.3, 0.4) is 0 Å². The van der Waals surface area contributed by atoms with Gasteiger partial charge < -0.3 is 20.3 Å². The van der Waals surface area contributed by atoms with Gasteiger partial charge in [-0.25, -0.2) is 9.97 Å². The Labute approximate surface area is 201 Å². The highest BCUT2D eigenvalue weighted by molar-refractivity contribution is 7.18. The number of halogens is 1. The van der Waals surface area contributed by atoms with Crippen LogP contribution in [0.5, 0.6) is 5.75 Å². The number of thiazole rings is 1. The number of nitrogens with zero attached hydrogens (tertiary/aromatic N) is 5. The summed E-state index contributed by atoms with van der Waals surface area (Å²) in [7, 11) is 0. The minimum atomic E-state index is -0.0369. The second-order valence-electron chi connectivity index (χ2n) is 8.56. The second kappa shape index (κ2) is 9.69. The summed E-state index contributed by atoms with van der Waals surface area (Å²) >= 11 is 7.54.